The molecule has 0 saturated carbocycles. The molecule has 3 aromatic rings. The Morgan fingerprint density at radius 1 is 0.744 bits per heavy atom. The van der Waals surface area contributed by atoms with Crippen molar-refractivity contribution in [2.75, 3.05) is 13.2 Å². The molecule has 1 N–H and O–H groups in total. The van der Waals surface area contributed by atoms with Crippen LogP contribution in [0.2, 0.25) is 0 Å². The quantitative estimate of drug-likeness (QED) is 0.237. The third-order valence-electron chi connectivity index (χ3n) is 5.89. The van der Waals surface area contributed by atoms with E-state index >= 15 is 0 Å². The first-order valence-corrected chi connectivity index (χ1v) is 12.3. The highest BCUT2D eigenvalue weighted by atomic mass is 16.7. The van der Waals surface area contributed by atoms with Gasteiger partial charge in [-0.2, -0.15) is 0 Å². The summed E-state index contributed by atoms with van der Waals surface area (Å²) in [5.74, 6) is -2.12. The van der Waals surface area contributed by atoms with E-state index in [4.69, 9.17) is 23.7 Å². The molecule has 0 spiro atoms. The molecule has 0 radical (unpaired) electrons. The van der Waals surface area contributed by atoms with Crippen LogP contribution < -0.4 is 0 Å². The SMILES string of the molecule is C=CCOC1OC(COC(=O)c2ccccc2)C(OC(=O)c2ccccc2)C(O)C1OC(=O)c1ccccc1. The first kappa shape index (κ1) is 27.7. The lowest BCUT2D eigenvalue weighted by molar-refractivity contribution is -0.296. The van der Waals surface area contributed by atoms with Crippen molar-refractivity contribution in [2.24, 2.45) is 0 Å². The highest BCUT2D eigenvalue weighted by Crippen LogP contribution is 2.29. The fourth-order valence-electron chi connectivity index (χ4n) is 3.94. The Bertz CT molecular complexity index is 1250. The van der Waals surface area contributed by atoms with E-state index in [1.807, 2.05) is 0 Å². The first-order valence-electron chi connectivity index (χ1n) is 12.3. The summed E-state index contributed by atoms with van der Waals surface area (Å²) >= 11 is 0. The van der Waals surface area contributed by atoms with Crippen molar-refractivity contribution >= 4 is 17.9 Å². The topological polar surface area (TPSA) is 118 Å². The summed E-state index contributed by atoms with van der Waals surface area (Å²) in [6.45, 7) is 3.23. The number of ether oxygens (including phenoxy) is 5. The highest BCUT2D eigenvalue weighted by molar-refractivity contribution is 5.90. The second-order valence-corrected chi connectivity index (χ2v) is 8.59. The van der Waals surface area contributed by atoms with Gasteiger partial charge in [0.15, 0.2) is 18.5 Å². The maximum Gasteiger partial charge on any atom is 0.338 e. The van der Waals surface area contributed by atoms with Crippen molar-refractivity contribution in [1.82, 2.24) is 0 Å². The minimum Gasteiger partial charge on any atom is -0.459 e. The van der Waals surface area contributed by atoms with Gasteiger partial charge in [0.25, 0.3) is 0 Å². The molecule has 5 atom stereocenters. The molecular weight excluding hydrogens is 504 g/mol. The van der Waals surface area contributed by atoms with E-state index < -0.39 is 48.6 Å². The van der Waals surface area contributed by atoms with E-state index in [0.29, 0.717) is 5.56 Å². The summed E-state index contributed by atoms with van der Waals surface area (Å²) < 4.78 is 28.3. The predicted molar refractivity (Wildman–Crippen MR) is 139 cm³/mol. The lowest BCUT2D eigenvalue weighted by Gasteiger charge is -2.42. The molecule has 0 bridgehead atoms. The Balaban J connectivity index is 1.58. The minimum absolute atomic E-state index is 0.00175. The maximum atomic E-state index is 12.9. The number of carbonyl (C=O) groups excluding carboxylic acids is 3. The van der Waals surface area contributed by atoms with Gasteiger partial charge in [0.1, 0.15) is 18.8 Å². The molecule has 1 aliphatic heterocycles. The van der Waals surface area contributed by atoms with Gasteiger partial charge in [0.05, 0.1) is 23.3 Å². The first-order chi connectivity index (χ1) is 19.0. The number of aliphatic hydroxyl groups excluding tert-OH is 1. The van der Waals surface area contributed by atoms with Crippen LogP contribution in [-0.4, -0.2) is 66.9 Å². The van der Waals surface area contributed by atoms with Crippen LogP contribution in [-0.2, 0) is 23.7 Å². The minimum atomic E-state index is -1.59. The van der Waals surface area contributed by atoms with Gasteiger partial charge in [-0.15, -0.1) is 6.58 Å². The fraction of sp³-hybridized carbons (Fsp3) is 0.233. The van der Waals surface area contributed by atoms with Crippen LogP contribution in [0.4, 0.5) is 0 Å². The molecule has 4 rings (SSSR count). The van der Waals surface area contributed by atoms with E-state index in [1.54, 1.807) is 91.0 Å². The molecule has 39 heavy (non-hydrogen) atoms. The summed E-state index contributed by atoms with van der Waals surface area (Å²) in [5.41, 5.74) is 0.775. The molecule has 1 fully saturated rings. The summed E-state index contributed by atoms with van der Waals surface area (Å²) in [6, 6.07) is 24.6. The highest BCUT2D eigenvalue weighted by Gasteiger charge is 2.50. The molecule has 9 nitrogen and oxygen atoms in total. The standard InChI is InChI=1S/C30H28O9/c1-2-18-35-30-26(39-29(34)22-16-10-5-11-17-22)24(31)25(38-28(33)21-14-8-4-9-15-21)23(37-30)19-36-27(32)20-12-6-3-7-13-20/h2-17,23-26,30-31H,1,18-19H2. The number of esters is 3. The van der Waals surface area contributed by atoms with E-state index in [1.165, 1.54) is 6.08 Å². The summed E-state index contributed by atoms with van der Waals surface area (Å²) in [7, 11) is 0. The van der Waals surface area contributed by atoms with Crippen molar-refractivity contribution in [3.63, 3.8) is 0 Å². The van der Waals surface area contributed by atoms with E-state index in [9.17, 15) is 19.5 Å². The molecule has 1 heterocycles. The van der Waals surface area contributed by atoms with Crippen molar-refractivity contribution in [3.05, 3.63) is 120 Å². The Morgan fingerprint density at radius 3 is 1.69 bits per heavy atom. The number of hydrogen-bond acceptors (Lipinski definition) is 9. The summed E-state index contributed by atoms with van der Waals surface area (Å²) in [4.78, 5) is 38.3. The van der Waals surface area contributed by atoms with Crippen LogP contribution in [0.3, 0.4) is 0 Å². The van der Waals surface area contributed by atoms with Gasteiger partial charge in [-0.25, -0.2) is 14.4 Å². The van der Waals surface area contributed by atoms with Gasteiger partial charge in [-0.3, -0.25) is 0 Å². The average Bonchev–Trinajstić information content (AvgIpc) is 2.99. The van der Waals surface area contributed by atoms with Gasteiger partial charge in [0.2, 0.25) is 0 Å². The van der Waals surface area contributed by atoms with Crippen LogP contribution in [0.15, 0.2) is 104 Å². The van der Waals surface area contributed by atoms with E-state index in [2.05, 4.69) is 6.58 Å². The van der Waals surface area contributed by atoms with E-state index in [0.717, 1.165) is 0 Å². The number of carbonyl (C=O) groups is 3. The van der Waals surface area contributed by atoms with Gasteiger partial charge in [-0.1, -0.05) is 60.7 Å². The van der Waals surface area contributed by atoms with Crippen molar-refractivity contribution < 1.29 is 43.2 Å². The second-order valence-electron chi connectivity index (χ2n) is 8.59. The molecule has 1 saturated heterocycles. The van der Waals surface area contributed by atoms with Crippen molar-refractivity contribution in [2.45, 2.75) is 30.7 Å². The van der Waals surface area contributed by atoms with Crippen LogP contribution in [0, 0.1) is 0 Å². The molecule has 0 aliphatic carbocycles. The molecule has 9 heteroatoms. The van der Waals surface area contributed by atoms with Gasteiger partial charge in [0, 0.05) is 0 Å². The molecule has 0 amide bonds. The lowest BCUT2D eigenvalue weighted by atomic mass is 9.98. The normalized spacial score (nSPS) is 22.3. The fourth-order valence-corrected chi connectivity index (χ4v) is 3.94. The van der Waals surface area contributed by atoms with Gasteiger partial charge in [-0.05, 0) is 36.4 Å². The number of aliphatic hydroxyl groups is 1. The largest absolute Gasteiger partial charge is 0.459 e. The lowest BCUT2D eigenvalue weighted by Crippen LogP contribution is -2.62. The van der Waals surface area contributed by atoms with Crippen LogP contribution in [0.5, 0.6) is 0 Å². The zero-order valence-electron chi connectivity index (χ0n) is 21.0. The Kier molecular flexibility index (Phi) is 9.58. The zero-order chi connectivity index (χ0) is 27.6. The number of hydrogen-bond donors (Lipinski definition) is 1. The molecular formula is C30H28O9. The summed E-state index contributed by atoms with van der Waals surface area (Å²) in [5, 5.41) is 11.4. The van der Waals surface area contributed by atoms with Gasteiger partial charge >= 0.3 is 17.9 Å². The van der Waals surface area contributed by atoms with Crippen molar-refractivity contribution in [3.8, 4) is 0 Å². The predicted octanol–water partition coefficient (Wildman–Crippen LogP) is 3.58. The second kappa shape index (κ2) is 13.5. The Labute approximate surface area is 225 Å². The average molecular weight is 533 g/mol. The summed E-state index contributed by atoms with van der Waals surface area (Å²) in [6.07, 6.45) is -5.32. The molecule has 0 aromatic heterocycles. The van der Waals surface area contributed by atoms with E-state index in [-0.39, 0.29) is 24.3 Å². The molecule has 3 aromatic carbocycles. The smallest absolute Gasteiger partial charge is 0.338 e. The monoisotopic (exact) mass is 532 g/mol. The third kappa shape index (κ3) is 7.17. The molecule has 5 unspecified atom stereocenters. The van der Waals surface area contributed by atoms with Crippen LogP contribution >= 0.6 is 0 Å². The number of benzene rings is 3. The van der Waals surface area contributed by atoms with Crippen LogP contribution in [0.1, 0.15) is 31.1 Å². The zero-order valence-corrected chi connectivity index (χ0v) is 21.0. The Hall–Kier alpha value is -4.31. The molecule has 1 aliphatic rings. The van der Waals surface area contributed by atoms with Crippen LogP contribution in [0.25, 0.3) is 0 Å². The number of rotatable bonds is 10. The Morgan fingerprint density at radius 2 is 1.21 bits per heavy atom. The third-order valence-corrected chi connectivity index (χ3v) is 5.89. The van der Waals surface area contributed by atoms with Crippen molar-refractivity contribution in [1.29, 1.82) is 0 Å². The molecule has 202 valence electrons. The maximum absolute atomic E-state index is 12.9. The van der Waals surface area contributed by atoms with Gasteiger partial charge < -0.3 is 28.8 Å².